The Kier molecular flexibility index (Phi) is 4.27. The lowest BCUT2D eigenvalue weighted by Crippen LogP contribution is -2.27. The summed E-state index contributed by atoms with van der Waals surface area (Å²) in [5, 5.41) is 2.82. The Bertz CT molecular complexity index is 589. The van der Waals surface area contributed by atoms with Crippen LogP contribution in [0, 0.1) is 5.82 Å². The molecule has 1 atom stereocenters. The first-order chi connectivity index (χ1) is 9.08. The number of benzene rings is 1. The summed E-state index contributed by atoms with van der Waals surface area (Å²) in [4.78, 5) is 16.0. The third kappa shape index (κ3) is 3.38. The van der Waals surface area contributed by atoms with Crippen LogP contribution in [-0.2, 0) is 0 Å². The summed E-state index contributed by atoms with van der Waals surface area (Å²) < 4.78 is 13.7. The van der Waals surface area contributed by atoms with E-state index < -0.39 is 5.82 Å². The van der Waals surface area contributed by atoms with E-state index in [4.69, 9.17) is 0 Å². The maximum absolute atomic E-state index is 13.2. The van der Waals surface area contributed by atoms with E-state index in [1.54, 1.807) is 12.4 Å². The van der Waals surface area contributed by atoms with Crippen LogP contribution >= 0.6 is 15.9 Å². The lowest BCUT2D eigenvalue weighted by atomic mass is 10.1. The van der Waals surface area contributed by atoms with Crippen LogP contribution in [0.2, 0.25) is 0 Å². The SMILES string of the molecule is CC(NC(=O)c1cc(F)ccc1Br)c1ccncc1. The molecule has 2 aromatic rings. The molecule has 1 unspecified atom stereocenters. The minimum atomic E-state index is -0.440. The van der Waals surface area contributed by atoms with Crippen molar-refractivity contribution in [2.24, 2.45) is 0 Å². The molecule has 0 bridgehead atoms. The second-order valence-corrected chi connectivity index (χ2v) is 4.95. The first kappa shape index (κ1) is 13.7. The minimum absolute atomic E-state index is 0.175. The zero-order valence-electron chi connectivity index (χ0n) is 10.2. The molecule has 5 heteroatoms. The Morgan fingerprint density at radius 1 is 1.32 bits per heavy atom. The summed E-state index contributed by atoms with van der Waals surface area (Å²) in [5.41, 5.74) is 1.22. The number of hydrogen-bond acceptors (Lipinski definition) is 2. The lowest BCUT2D eigenvalue weighted by Gasteiger charge is -2.14. The average molecular weight is 323 g/mol. The van der Waals surface area contributed by atoms with Crippen molar-refractivity contribution in [3.05, 3.63) is 64.1 Å². The van der Waals surface area contributed by atoms with Crippen LogP contribution in [0.4, 0.5) is 4.39 Å². The first-order valence-corrected chi connectivity index (χ1v) is 6.53. The third-order valence-electron chi connectivity index (χ3n) is 2.73. The highest BCUT2D eigenvalue weighted by molar-refractivity contribution is 9.10. The van der Waals surface area contributed by atoms with Gasteiger partial charge in [0.2, 0.25) is 0 Å². The minimum Gasteiger partial charge on any atom is -0.345 e. The number of nitrogens with one attached hydrogen (secondary N) is 1. The van der Waals surface area contributed by atoms with Crippen molar-refractivity contribution in [2.45, 2.75) is 13.0 Å². The molecule has 1 heterocycles. The van der Waals surface area contributed by atoms with Gasteiger partial charge < -0.3 is 5.32 Å². The number of aromatic nitrogens is 1. The smallest absolute Gasteiger partial charge is 0.253 e. The first-order valence-electron chi connectivity index (χ1n) is 5.74. The zero-order valence-corrected chi connectivity index (χ0v) is 11.8. The second-order valence-electron chi connectivity index (χ2n) is 4.10. The highest BCUT2D eigenvalue weighted by atomic mass is 79.9. The summed E-state index contributed by atoms with van der Waals surface area (Å²) in [6, 6.07) is 7.50. The van der Waals surface area contributed by atoms with E-state index in [0.29, 0.717) is 4.47 Å². The molecule has 0 aliphatic carbocycles. The van der Waals surface area contributed by atoms with Gasteiger partial charge in [0.05, 0.1) is 11.6 Å². The quantitative estimate of drug-likeness (QED) is 0.940. The van der Waals surface area contributed by atoms with Crippen molar-refractivity contribution in [1.82, 2.24) is 10.3 Å². The maximum Gasteiger partial charge on any atom is 0.253 e. The van der Waals surface area contributed by atoms with Crippen LogP contribution < -0.4 is 5.32 Å². The predicted octanol–water partition coefficient (Wildman–Crippen LogP) is 3.47. The van der Waals surface area contributed by atoms with Crippen molar-refractivity contribution >= 4 is 21.8 Å². The van der Waals surface area contributed by atoms with Gasteiger partial charge in [0, 0.05) is 16.9 Å². The standard InChI is InChI=1S/C14H12BrFN2O/c1-9(10-4-6-17-7-5-10)18-14(19)12-8-11(16)2-3-13(12)15/h2-9H,1H3,(H,18,19). The molecule has 0 spiro atoms. The number of nitrogens with zero attached hydrogens (tertiary/aromatic N) is 1. The van der Waals surface area contributed by atoms with Gasteiger partial charge in [-0.1, -0.05) is 0 Å². The lowest BCUT2D eigenvalue weighted by molar-refractivity contribution is 0.0938. The topological polar surface area (TPSA) is 42.0 Å². The highest BCUT2D eigenvalue weighted by Crippen LogP contribution is 2.19. The molecule has 0 saturated carbocycles. The molecule has 1 aromatic heterocycles. The van der Waals surface area contributed by atoms with Gasteiger partial charge in [-0.3, -0.25) is 9.78 Å². The van der Waals surface area contributed by atoms with Crippen molar-refractivity contribution in [1.29, 1.82) is 0 Å². The number of amides is 1. The number of hydrogen-bond donors (Lipinski definition) is 1. The van der Waals surface area contributed by atoms with Crippen molar-refractivity contribution in [3.63, 3.8) is 0 Å². The van der Waals surface area contributed by atoms with Gasteiger partial charge in [0.15, 0.2) is 0 Å². The Morgan fingerprint density at radius 2 is 2.00 bits per heavy atom. The highest BCUT2D eigenvalue weighted by Gasteiger charge is 2.14. The third-order valence-corrected chi connectivity index (χ3v) is 3.42. The molecule has 0 saturated heterocycles. The van der Waals surface area contributed by atoms with E-state index in [9.17, 15) is 9.18 Å². The second kappa shape index (κ2) is 5.93. The molecule has 1 aromatic carbocycles. The van der Waals surface area contributed by atoms with E-state index in [-0.39, 0.29) is 17.5 Å². The van der Waals surface area contributed by atoms with Gasteiger partial charge in [-0.15, -0.1) is 0 Å². The van der Waals surface area contributed by atoms with Crippen LogP contribution in [-0.4, -0.2) is 10.9 Å². The molecular formula is C14H12BrFN2O. The Balaban J connectivity index is 2.15. The van der Waals surface area contributed by atoms with Gasteiger partial charge in [0.1, 0.15) is 5.82 Å². The van der Waals surface area contributed by atoms with E-state index in [0.717, 1.165) is 5.56 Å². The van der Waals surface area contributed by atoms with Gasteiger partial charge >= 0.3 is 0 Å². The largest absolute Gasteiger partial charge is 0.345 e. The van der Waals surface area contributed by atoms with Gasteiger partial charge in [-0.25, -0.2) is 4.39 Å². The van der Waals surface area contributed by atoms with E-state index in [1.165, 1.54) is 18.2 Å². The molecule has 0 aliphatic rings. The molecule has 0 radical (unpaired) electrons. The molecule has 2 rings (SSSR count). The molecule has 98 valence electrons. The molecular weight excluding hydrogens is 311 g/mol. The number of pyridine rings is 1. The molecule has 1 N–H and O–H groups in total. The van der Waals surface area contributed by atoms with Crippen LogP contribution in [0.5, 0.6) is 0 Å². The molecule has 1 amide bonds. The van der Waals surface area contributed by atoms with E-state index in [1.807, 2.05) is 19.1 Å². The summed E-state index contributed by atoms with van der Waals surface area (Å²) in [7, 11) is 0. The van der Waals surface area contributed by atoms with Crippen LogP contribution in [0.3, 0.4) is 0 Å². The van der Waals surface area contributed by atoms with Gasteiger partial charge in [-0.05, 0) is 58.7 Å². The van der Waals surface area contributed by atoms with Crippen LogP contribution in [0.1, 0.15) is 28.9 Å². The molecule has 0 fully saturated rings. The van der Waals surface area contributed by atoms with Crippen LogP contribution in [0.25, 0.3) is 0 Å². The van der Waals surface area contributed by atoms with Crippen molar-refractivity contribution < 1.29 is 9.18 Å². The van der Waals surface area contributed by atoms with E-state index in [2.05, 4.69) is 26.2 Å². The summed E-state index contributed by atoms with van der Waals surface area (Å²) in [5.74, 6) is -0.763. The summed E-state index contributed by atoms with van der Waals surface area (Å²) >= 11 is 3.24. The Hall–Kier alpha value is -1.75. The molecule has 3 nitrogen and oxygen atoms in total. The molecule has 19 heavy (non-hydrogen) atoms. The van der Waals surface area contributed by atoms with Crippen molar-refractivity contribution in [2.75, 3.05) is 0 Å². The summed E-state index contributed by atoms with van der Waals surface area (Å²) in [6.45, 7) is 1.86. The van der Waals surface area contributed by atoms with Crippen molar-refractivity contribution in [3.8, 4) is 0 Å². The predicted molar refractivity (Wildman–Crippen MR) is 74.2 cm³/mol. The van der Waals surface area contributed by atoms with E-state index >= 15 is 0 Å². The number of carbonyl (C=O) groups is 1. The molecule has 0 aliphatic heterocycles. The van der Waals surface area contributed by atoms with Gasteiger partial charge in [0.25, 0.3) is 5.91 Å². The number of carbonyl (C=O) groups excluding carboxylic acids is 1. The fourth-order valence-corrected chi connectivity index (χ4v) is 2.11. The number of rotatable bonds is 3. The fraction of sp³-hybridized carbons (Fsp3) is 0.143. The fourth-order valence-electron chi connectivity index (χ4n) is 1.68. The normalized spacial score (nSPS) is 11.9. The van der Waals surface area contributed by atoms with Gasteiger partial charge in [-0.2, -0.15) is 0 Å². The average Bonchev–Trinajstić information content (AvgIpc) is 2.42. The van der Waals surface area contributed by atoms with Crippen LogP contribution in [0.15, 0.2) is 47.2 Å². The zero-order chi connectivity index (χ0) is 13.8. The Labute approximate surface area is 119 Å². The number of halogens is 2. The monoisotopic (exact) mass is 322 g/mol. The Morgan fingerprint density at radius 3 is 2.68 bits per heavy atom. The summed E-state index contributed by atoms with van der Waals surface area (Å²) in [6.07, 6.45) is 3.33. The maximum atomic E-state index is 13.2.